The third kappa shape index (κ3) is 2.82. The highest BCUT2D eigenvalue weighted by molar-refractivity contribution is 4.97. The number of ether oxygens (including phenoxy) is 1. The Bertz CT molecular complexity index is 247. The van der Waals surface area contributed by atoms with Crippen LogP contribution < -0.4 is 5.73 Å². The van der Waals surface area contributed by atoms with Gasteiger partial charge in [0.05, 0.1) is 18.6 Å². The average molecular weight is 183 g/mol. The van der Waals surface area contributed by atoms with E-state index >= 15 is 0 Å². The first kappa shape index (κ1) is 10.2. The summed E-state index contributed by atoms with van der Waals surface area (Å²) in [6.45, 7) is 4.37. The van der Waals surface area contributed by atoms with E-state index in [4.69, 9.17) is 10.5 Å². The highest BCUT2D eigenvalue weighted by Crippen LogP contribution is 2.04. The molecule has 0 spiro atoms. The number of hydrogen-bond acceptors (Lipinski definition) is 3. The van der Waals surface area contributed by atoms with Crippen LogP contribution in [0.3, 0.4) is 0 Å². The maximum absolute atomic E-state index is 5.55. The van der Waals surface area contributed by atoms with Gasteiger partial charge in [0.2, 0.25) is 0 Å². The maximum Gasteiger partial charge on any atom is 0.0948 e. The minimum absolute atomic E-state index is 0.490. The van der Waals surface area contributed by atoms with Crippen LogP contribution in [0.5, 0.6) is 0 Å². The number of aromatic nitrogens is 2. The van der Waals surface area contributed by atoms with Crippen LogP contribution >= 0.6 is 0 Å². The van der Waals surface area contributed by atoms with E-state index in [1.54, 1.807) is 13.3 Å². The third-order valence-corrected chi connectivity index (χ3v) is 1.97. The van der Waals surface area contributed by atoms with E-state index in [-0.39, 0.29) is 0 Å². The Balaban J connectivity index is 2.52. The van der Waals surface area contributed by atoms with Gasteiger partial charge in [0.15, 0.2) is 0 Å². The summed E-state index contributed by atoms with van der Waals surface area (Å²) >= 11 is 0. The lowest BCUT2D eigenvalue weighted by molar-refractivity contribution is 0.151. The third-order valence-electron chi connectivity index (χ3n) is 1.97. The van der Waals surface area contributed by atoms with E-state index in [9.17, 15) is 0 Å². The summed E-state index contributed by atoms with van der Waals surface area (Å²) < 4.78 is 7.13. The van der Waals surface area contributed by atoms with E-state index in [1.807, 2.05) is 6.33 Å². The van der Waals surface area contributed by atoms with Crippen molar-refractivity contribution < 1.29 is 4.74 Å². The summed E-state index contributed by atoms with van der Waals surface area (Å²) in [6, 6.07) is 0. The zero-order valence-electron chi connectivity index (χ0n) is 8.23. The summed E-state index contributed by atoms with van der Waals surface area (Å²) in [6.07, 6.45) is 3.62. The quantitative estimate of drug-likeness (QED) is 0.728. The molecule has 1 heterocycles. The maximum atomic E-state index is 5.55. The molecule has 74 valence electrons. The number of nitrogens with two attached hydrogens (primary N) is 1. The van der Waals surface area contributed by atoms with Crippen molar-refractivity contribution >= 4 is 0 Å². The number of rotatable bonds is 5. The van der Waals surface area contributed by atoms with Crippen LogP contribution in [-0.4, -0.2) is 23.3 Å². The van der Waals surface area contributed by atoms with Gasteiger partial charge in [-0.2, -0.15) is 0 Å². The smallest absolute Gasteiger partial charge is 0.0948 e. The zero-order valence-corrected chi connectivity index (χ0v) is 8.23. The highest BCUT2D eigenvalue weighted by Gasteiger charge is 2.05. The van der Waals surface area contributed by atoms with Crippen molar-refractivity contribution in [1.29, 1.82) is 0 Å². The number of imidazole rings is 1. The fourth-order valence-corrected chi connectivity index (χ4v) is 1.36. The van der Waals surface area contributed by atoms with E-state index in [2.05, 4.69) is 16.5 Å². The lowest BCUT2D eigenvalue weighted by Gasteiger charge is -2.12. The van der Waals surface area contributed by atoms with E-state index in [1.165, 1.54) is 0 Å². The van der Waals surface area contributed by atoms with Crippen LogP contribution in [0.1, 0.15) is 12.6 Å². The van der Waals surface area contributed by atoms with Crippen LogP contribution in [0.15, 0.2) is 12.5 Å². The first-order valence-electron chi connectivity index (χ1n) is 4.46. The minimum Gasteiger partial charge on any atom is -0.384 e. The van der Waals surface area contributed by atoms with E-state index in [0.717, 1.165) is 18.8 Å². The number of methoxy groups -OCH3 is 1. The molecule has 1 aromatic heterocycles. The number of hydrogen-bond donors (Lipinski definition) is 1. The molecule has 13 heavy (non-hydrogen) atoms. The van der Waals surface area contributed by atoms with Crippen molar-refractivity contribution in [1.82, 2.24) is 9.55 Å². The molecule has 0 saturated heterocycles. The topological polar surface area (TPSA) is 53.1 Å². The van der Waals surface area contributed by atoms with Crippen LogP contribution in [0, 0.1) is 5.92 Å². The van der Waals surface area contributed by atoms with Crippen LogP contribution in [0.4, 0.5) is 0 Å². The molecule has 2 N–H and O–H groups in total. The Morgan fingerprint density at radius 1 is 1.69 bits per heavy atom. The second kappa shape index (κ2) is 4.99. The SMILES string of the molecule is COCC(C)Cn1cncc1CN. The van der Waals surface area contributed by atoms with Gasteiger partial charge in [0.1, 0.15) is 0 Å². The summed E-state index contributed by atoms with van der Waals surface area (Å²) in [5.74, 6) is 0.490. The zero-order chi connectivity index (χ0) is 9.68. The molecule has 1 rings (SSSR count). The second-order valence-corrected chi connectivity index (χ2v) is 3.30. The summed E-state index contributed by atoms with van der Waals surface area (Å²) in [4.78, 5) is 4.05. The molecule has 0 aliphatic carbocycles. The Kier molecular flexibility index (Phi) is 3.92. The molecule has 0 aliphatic heterocycles. The van der Waals surface area contributed by atoms with Gasteiger partial charge in [-0.25, -0.2) is 4.98 Å². The van der Waals surface area contributed by atoms with Crippen molar-refractivity contribution in [3.05, 3.63) is 18.2 Å². The predicted octanol–water partition coefficient (Wildman–Crippen LogP) is 0.624. The molecule has 1 aromatic rings. The van der Waals surface area contributed by atoms with Gasteiger partial charge in [0.25, 0.3) is 0 Å². The lowest BCUT2D eigenvalue weighted by atomic mass is 10.2. The van der Waals surface area contributed by atoms with Gasteiger partial charge in [0, 0.05) is 26.4 Å². The van der Waals surface area contributed by atoms with Gasteiger partial charge in [-0.15, -0.1) is 0 Å². The van der Waals surface area contributed by atoms with Crippen molar-refractivity contribution in [2.75, 3.05) is 13.7 Å². The van der Waals surface area contributed by atoms with Gasteiger partial charge in [-0.3, -0.25) is 0 Å². The predicted molar refractivity (Wildman–Crippen MR) is 51.2 cm³/mol. The monoisotopic (exact) mass is 183 g/mol. The van der Waals surface area contributed by atoms with Crippen molar-refractivity contribution in [3.63, 3.8) is 0 Å². The largest absolute Gasteiger partial charge is 0.384 e. The Morgan fingerprint density at radius 2 is 2.46 bits per heavy atom. The van der Waals surface area contributed by atoms with E-state index < -0.39 is 0 Å². The van der Waals surface area contributed by atoms with Gasteiger partial charge in [-0.1, -0.05) is 6.92 Å². The molecule has 0 aliphatic rings. The van der Waals surface area contributed by atoms with Crippen LogP contribution in [0.2, 0.25) is 0 Å². The molecular formula is C9H17N3O. The number of nitrogens with zero attached hydrogens (tertiary/aromatic N) is 2. The van der Waals surface area contributed by atoms with Gasteiger partial charge in [-0.05, 0) is 5.92 Å². The molecule has 1 atom stereocenters. The van der Waals surface area contributed by atoms with Crippen molar-refractivity contribution in [2.24, 2.45) is 11.7 Å². The average Bonchev–Trinajstić information content (AvgIpc) is 2.52. The van der Waals surface area contributed by atoms with Gasteiger partial charge < -0.3 is 15.0 Å². The molecule has 4 nitrogen and oxygen atoms in total. The highest BCUT2D eigenvalue weighted by atomic mass is 16.5. The van der Waals surface area contributed by atoms with E-state index in [0.29, 0.717) is 12.5 Å². The minimum atomic E-state index is 0.490. The fourth-order valence-electron chi connectivity index (χ4n) is 1.36. The normalized spacial score (nSPS) is 13.2. The molecule has 0 aromatic carbocycles. The first-order chi connectivity index (χ1) is 6.27. The summed E-state index contributed by atoms with van der Waals surface area (Å²) in [5, 5.41) is 0. The summed E-state index contributed by atoms with van der Waals surface area (Å²) in [7, 11) is 1.72. The molecule has 0 radical (unpaired) electrons. The molecule has 0 bridgehead atoms. The lowest BCUT2D eigenvalue weighted by Crippen LogP contribution is -2.15. The van der Waals surface area contributed by atoms with Gasteiger partial charge >= 0.3 is 0 Å². The Morgan fingerprint density at radius 3 is 3.08 bits per heavy atom. The molecular weight excluding hydrogens is 166 g/mol. The Labute approximate surface area is 78.7 Å². The molecule has 4 heteroatoms. The fraction of sp³-hybridized carbons (Fsp3) is 0.667. The molecule has 1 unspecified atom stereocenters. The second-order valence-electron chi connectivity index (χ2n) is 3.30. The standard InChI is InChI=1S/C9H17N3O/c1-8(6-13-2)5-12-7-11-4-9(12)3-10/h4,7-8H,3,5-6,10H2,1-2H3. The molecule has 0 saturated carbocycles. The van der Waals surface area contributed by atoms with Crippen molar-refractivity contribution in [3.8, 4) is 0 Å². The first-order valence-corrected chi connectivity index (χ1v) is 4.46. The molecule has 0 fully saturated rings. The Hall–Kier alpha value is -0.870. The molecule has 0 amide bonds. The van der Waals surface area contributed by atoms with Crippen LogP contribution in [0.25, 0.3) is 0 Å². The van der Waals surface area contributed by atoms with Crippen molar-refractivity contribution in [2.45, 2.75) is 20.0 Å². The van der Waals surface area contributed by atoms with Crippen LogP contribution in [-0.2, 0) is 17.8 Å². The summed E-state index contributed by atoms with van der Waals surface area (Å²) in [5.41, 5.74) is 6.62.